The van der Waals surface area contributed by atoms with Crippen molar-refractivity contribution in [2.75, 3.05) is 6.61 Å². The van der Waals surface area contributed by atoms with Crippen LogP contribution in [-0.4, -0.2) is 28.8 Å². The van der Waals surface area contributed by atoms with Gasteiger partial charge < -0.3 is 10.5 Å². The van der Waals surface area contributed by atoms with Crippen molar-refractivity contribution in [2.24, 2.45) is 12.8 Å². The molecule has 0 saturated carbocycles. The number of alkyl halides is 2. The Morgan fingerprint density at radius 1 is 1.69 bits per heavy atom. The lowest BCUT2D eigenvalue weighted by atomic mass is 10.1. The number of esters is 1. The summed E-state index contributed by atoms with van der Waals surface area (Å²) < 4.78 is 30.8. The van der Waals surface area contributed by atoms with Gasteiger partial charge in [-0.05, 0) is 6.92 Å². The summed E-state index contributed by atoms with van der Waals surface area (Å²) in [7, 11) is 1.52. The largest absolute Gasteiger partial charge is 0.461 e. The Morgan fingerprint density at radius 2 is 2.31 bits per heavy atom. The van der Waals surface area contributed by atoms with E-state index in [1.807, 2.05) is 0 Å². The zero-order chi connectivity index (χ0) is 12.3. The lowest BCUT2D eigenvalue weighted by Gasteiger charge is -2.09. The molecule has 0 aliphatic carbocycles. The van der Waals surface area contributed by atoms with Gasteiger partial charge in [0.25, 0.3) is 6.43 Å². The molecule has 16 heavy (non-hydrogen) atoms. The molecule has 90 valence electrons. The smallest absolute Gasteiger partial charge is 0.359 e. The summed E-state index contributed by atoms with van der Waals surface area (Å²) in [5, 5.41) is 3.76. The van der Waals surface area contributed by atoms with Crippen LogP contribution < -0.4 is 5.73 Å². The first-order valence-electron chi connectivity index (χ1n) is 4.71. The van der Waals surface area contributed by atoms with Crippen LogP contribution in [0, 0.1) is 0 Å². The molecule has 1 unspecified atom stereocenters. The summed E-state index contributed by atoms with van der Waals surface area (Å²) in [5.41, 5.74) is 5.12. The summed E-state index contributed by atoms with van der Waals surface area (Å²) in [4.78, 5) is 11.4. The molecule has 2 N–H and O–H groups in total. The molecule has 1 atom stereocenters. The van der Waals surface area contributed by atoms with Crippen LogP contribution in [0.5, 0.6) is 0 Å². The number of carbonyl (C=O) groups is 1. The first-order chi connectivity index (χ1) is 7.47. The molecule has 1 aromatic rings. The van der Waals surface area contributed by atoms with Crippen LogP contribution >= 0.6 is 0 Å². The van der Waals surface area contributed by atoms with Gasteiger partial charge in [-0.25, -0.2) is 13.6 Å². The van der Waals surface area contributed by atoms with Crippen LogP contribution in [0.25, 0.3) is 0 Å². The van der Waals surface area contributed by atoms with Crippen LogP contribution in [0.3, 0.4) is 0 Å². The minimum Gasteiger partial charge on any atom is -0.461 e. The van der Waals surface area contributed by atoms with Gasteiger partial charge in [0.2, 0.25) is 0 Å². The second-order valence-corrected chi connectivity index (χ2v) is 3.19. The van der Waals surface area contributed by atoms with E-state index in [0.29, 0.717) is 0 Å². The third-order valence-corrected chi connectivity index (χ3v) is 1.96. The van der Waals surface area contributed by atoms with E-state index in [4.69, 9.17) is 10.5 Å². The molecule has 0 spiro atoms. The highest BCUT2D eigenvalue weighted by atomic mass is 19.3. The van der Waals surface area contributed by atoms with Crippen molar-refractivity contribution in [3.8, 4) is 0 Å². The van der Waals surface area contributed by atoms with E-state index in [9.17, 15) is 13.6 Å². The standard InChI is InChI=1S/C9H13F2N3O2/c1-3-16-9(15)7-5(4-14(2)13-7)6(12)8(10)11/h4,6,8H,3,12H2,1-2H3. The maximum atomic E-state index is 12.4. The first kappa shape index (κ1) is 12.6. The number of aryl methyl sites for hydroxylation is 1. The minimum atomic E-state index is -2.75. The van der Waals surface area contributed by atoms with Gasteiger partial charge in [-0.15, -0.1) is 0 Å². The highest BCUT2D eigenvalue weighted by Crippen LogP contribution is 2.21. The molecule has 0 bridgehead atoms. The van der Waals surface area contributed by atoms with Crippen molar-refractivity contribution in [1.82, 2.24) is 9.78 Å². The Hall–Kier alpha value is -1.50. The molecule has 0 radical (unpaired) electrons. The van der Waals surface area contributed by atoms with Gasteiger partial charge in [-0.3, -0.25) is 4.68 Å². The van der Waals surface area contributed by atoms with Gasteiger partial charge in [0.15, 0.2) is 5.69 Å². The maximum Gasteiger partial charge on any atom is 0.359 e. The molecule has 0 saturated heterocycles. The Morgan fingerprint density at radius 3 is 2.81 bits per heavy atom. The number of hydrogen-bond donors (Lipinski definition) is 1. The number of ether oxygens (including phenoxy) is 1. The van der Waals surface area contributed by atoms with E-state index in [1.165, 1.54) is 17.9 Å². The Bertz CT molecular complexity index is 379. The van der Waals surface area contributed by atoms with E-state index < -0.39 is 18.4 Å². The molecule has 0 aromatic carbocycles. The number of hydrogen-bond acceptors (Lipinski definition) is 4. The van der Waals surface area contributed by atoms with E-state index in [-0.39, 0.29) is 17.9 Å². The fourth-order valence-electron chi connectivity index (χ4n) is 1.24. The van der Waals surface area contributed by atoms with Gasteiger partial charge in [-0.1, -0.05) is 0 Å². The highest BCUT2D eigenvalue weighted by molar-refractivity contribution is 5.89. The second-order valence-electron chi connectivity index (χ2n) is 3.19. The summed E-state index contributed by atoms with van der Waals surface area (Å²) in [6.07, 6.45) is -1.46. The van der Waals surface area contributed by atoms with Crippen molar-refractivity contribution < 1.29 is 18.3 Å². The molecule has 0 aliphatic rings. The summed E-state index contributed by atoms with van der Waals surface area (Å²) in [6, 6.07) is -1.53. The summed E-state index contributed by atoms with van der Waals surface area (Å²) in [6.45, 7) is 1.77. The summed E-state index contributed by atoms with van der Waals surface area (Å²) in [5.74, 6) is -0.741. The number of carbonyl (C=O) groups excluding carboxylic acids is 1. The summed E-state index contributed by atoms with van der Waals surface area (Å²) >= 11 is 0. The monoisotopic (exact) mass is 233 g/mol. The van der Waals surface area contributed by atoms with Crippen LogP contribution in [0.15, 0.2) is 6.20 Å². The van der Waals surface area contributed by atoms with Crippen molar-refractivity contribution in [3.63, 3.8) is 0 Å². The third-order valence-electron chi connectivity index (χ3n) is 1.96. The molecule has 0 aliphatic heterocycles. The fourth-order valence-corrected chi connectivity index (χ4v) is 1.24. The highest BCUT2D eigenvalue weighted by Gasteiger charge is 2.27. The fraction of sp³-hybridized carbons (Fsp3) is 0.556. The van der Waals surface area contributed by atoms with E-state index in [0.717, 1.165) is 0 Å². The lowest BCUT2D eigenvalue weighted by molar-refractivity contribution is 0.0513. The lowest BCUT2D eigenvalue weighted by Crippen LogP contribution is -2.21. The average Bonchev–Trinajstić information content (AvgIpc) is 2.59. The van der Waals surface area contributed by atoms with Crippen molar-refractivity contribution in [1.29, 1.82) is 0 Å². The van der Waals surface area contributed by atoms with Crippen LogP contribution in [-0.2, 0) is 11.8 Å². The molecule has 0 fully saturated rings. The second kappa shape index (κ2) is 5.02. The van der Waals surface area contributed by atoms with Crippen molar-refractivity contribution in [3.05, 3.63) is 17.5 Å². The number of nitrogens with zero attached hydrogens (tertiary/aromatic N) is 2. The molecule has 1 rings (SSSR count). The number of aromatic nitrogens is 2. The van der Waals surface area contributed by atoms with Gasteiger partial charge >= 0.3 is 5.97 Å². The Balaban J connectivity index is 3.04. The zero-order valence-electron chi connectivity index (χ0n) is 8.98. The molecule has 5 nitrogen and oxygen atoms in total. The molecule has 7 heteroatoms. The molecule has 1 aromatic heterocycles. The molecule has 0 amide bonds. The predicted molar refractivity (Wildman–Crippen MR) is 52.1 cm³/mol. The third kappa shape index (κ3) is 2.54. The molecular formula is C9H13F2N3O2. The van der Waals surface area contributed by atoms with Gasteiger partial charge in [-0.2, -0.15) is 5.10 Å². The zero-order valence-corrected chi connectivity index (χ0v) is 8.98. The van der Waals surface area contributed by atoms with E-state index in [2.05, 4.69) is 5.10 Å². The SMILES string of the molecule is CCOC(=O)c1nn(C)cc1C(N)C(F)F. The van der Waals surface area contributed by atoms with Crippen LogP contribution in [0.4, 0.5) is 8.78 Å². The van der Waals surface area contributed by atoms with Crippen LogP contribution in [0.1, 0.15) is 29.0 Å². The van der Waals surface area contributed by atoms with E-state index >= 15 is 0 Å². The Kier molecular flexibility index (Phi) is 3.94. The number of halogens is 2. The van der Waals surface area contributed by atoms with Crippen LogP contribution in [0.2, 0.25) is 0 Å². The average molecular weight is 233 g/mol. The maximum absolute atomic E-state index is 12.4. The Labute approximate surface area is 91.2 Å². The van der Waals surface area contributed by atoms with Gasteiger partial charge in [0.05, 0.1) is 12.6 Å². The number of nitrogens with two attached hydrogens (primary N) is 1. The minimum absolute atomic E-state index is 0.00375. The van der Waals surface area contributed by atoms with Crippen molar-refractivity contribution in [2.45, 2.75) is 19.4 Å². The molecule has 1 heterocycles. The quantitative estimate of drug-likeness (QED) is 0.783. The van der Waals surface area contributed by atoms with Crippen molar-refractivity contribution >= 4 is 5.97 Å². The van der Waals surface area contributed by atoms with E-state index in [1.54, 1.807) is 6.92 Å². The number of rotatable bonds is 4. The van der Waals surface area contributed by atoms with Gasteiger partial charge in [0.1, 0.15) is 0 Å². The predicted octanol–water partition coefficient (Wildman–Crippen LogP) is 0.862. The normalized spacial score (nSPS) is 12.9. The van der Waals surface area contributed by atoms with Gasteiger partial charge in [0, 0.05) is 18.8 Å². The first-order valence-corrected chi connectivity index (χ1v) is 4.71. The topological polar surface area (TPSA) is 70.1 Å². The molecular weight excluding hydrogens is 220 g/mol.